The summed E-state index contributed by atoms with van der Waals surface area (Å²) in [5.74, 6) is -1.12. The van der Waals surface area contributed by atoms with Crippen LogP contribution in [0.15, 0.2) is 59.1 Å². The van der Waals surface area contributed by atoms with Gasteiger partial charge in [-0.25, -0.2) is 4.39 Å². The molecule has 2 aromatic rings. The Hall–Kier alpha value is -2.47. The summed E-state index contributed by atoms with van der Waals surface area (Å²) < 4.78 is 14.2. The highest BCUT2D eigenvalue weighted by Gasteiger charge is 2.12. The van der Waals surface area contributed by atoms with E-state index in [0.29, 0.717) is 11.3 Å². The van der Waals surface area contributed by atoms with Gasteiger partial charge in [0.2, 0.25) is 11.8 Å². The lowest BCUT2D eigenvalue weighted by Gasteiger charge is -2.15. The predicted octanol–water partition coefficient (Wildman–Crippen LogP) is 3.70. The molecular weight excluding hydrogens is 375 g/mol. The molecule has 0 aliphatic heterocycles. The monoisotopic (exact) mass is 390 g/mol. The molecule has 124 valence electrons. The molecule has 4 nitrogen and oxygen atoms in total. The van der Waals surface area contributed by atoms with Crippen LogP contribution in [-0.4, -0.2) is 30.3 Å². The third-order valence-corrected chi connectivity index (χ3v) is 3.91. The van der Waals surface area contributed by atoms with Gasteiger partial charge in [-0.15, -0.1) is 0 Å². The first-order chi connectivity index (χ1) is 11.5. The van der Waals surface area contributed by atoms with E-state index in [1.54, 1.807) is 30.3 Å². The maximum atomic E-state index is 13.5. The zero-order valence-corrected chi connectivity index (χ0v) is 14.6. The van der Waals surface area contributed by atoms with E-state index in [-0.39, 0.29) is 18.4 Å². The molecular formula is C18H16BrFN2O2. The van der Waals surface area contributed by atoms with E-state index in [4.69, 9.17) is 0 Å². The minimum Gasteiger partial charge on any atom is -0.333 e. The fourth-order valence-electron chi connectivity index (χ4n) is 1.94. The number of hydrogen-bond acceptors (Lipinski definition) is 2. The van der Waals surface area contributed by atoms with Crippen molar-refractivity contribution in [3.05, 3.63) is 70.5 Å². The number of hydrogen-bond donors (Lipinski definition) is 1. The van der Waals surface area contributed by atoms with Gasteiger partial charge in [0, 0.05) is 23.2 Å². The van der Waals surface area contributed by atoms with Crippen molar-refractivity contribution in [3.63, 3.8) is 0 Å². The van der Waals surface area contributed by atoms with Gasteiger partial charge in [-0.3, -0.25) is 9.59 Å². The fraction of sp³-hybridized carbons (Fsp3) is 0.111. The summed E-state index contributed by atoms with van der Waals surface area (Å²) in [6.07, 6.45) is 2.63. The average molecular weight is 391 g/mol. The van der Waals surface area contributed by atoms with E-state index in [1.165, 1.54) is 30.2 Å². The van der Waals surface area contributed by atoms with Gasteiger partial charge in [0.25, 0.3) is 0 Å². The highest BCUT2D eigenvalue weighted by Crippen LogP contribution is 2.20. The van der Waals surface area contributed by atoms with Crippen molar-refractivity contribution in [2.75, 3.05) is 18.9 Å². The normalized spacial score (nSPS) is 10.6. The van der Waals surface area contributed by atoms with Crippen molar-refractivity contribution in [2.24, 2.45) is 0 Å². The Balaban J connectivity index is 1.93. The summed E-state index contributed by atoms with van der Waals surface area (Å²) >= 11 is 3.34. The van der Waals surface area contributed by atoms with E-state index in [1.807, 2.05) is 12.1 Å². The molecule has 0 atom stereocenters. The number of para-hydroxylation sites is 1. The van der Waals surface area contributed by atoms with Crippen molar-refractivity contribution >= 4 is 39.5 Å². The Bertz CT molecular complexity index is 777. The lowest BCUT2D eigenvalue weighted by molar-refractivity contribution is -0.129. The molecule has 0 aromatic heterocycles. The molecule has 0 saturated heterocycles. The highest BCUT2D eigenvalue weighted by atomic mass is 79.9. The zero-order valence-electron chi connectivity index (χ0n) is 13.0. The number of benzene rings is 2. The van der Waals surface area contributed by atoms with E-state index in [0.717, 1.165) is 4.47 Å². The second-order valence-electron chi connectivity index (χ2n) is 5.08. The summed E-state index contributed by atoms with van der Waals surface area (Å²) in [7, 11) is 1.51. The summed E-state index contributed by atoms with van der Waals surface area (Å²) in [6, 6.07) is 13.3. The lowest BCUT2D eigenvalue weighted by Crippen LogP contribution is -2.33. The smallest absolute Gasteiger partial charge is 0.246 e. The van der Waals surface area contributed by atoms with Gasteiger partial charge in [0.05, 0.1) is 12.2 Å². The number of carbonyl (C=O) groups is 2. The molecule has 0 unspecified atom stereocenters. The Kier molecular flexibility index (Phi) is 6.26. The molecule has 0 bridgehead atoms. The molecule has 2 amide bonds. The molecule has 0 aliphatic rings. The number of carbonyl (C=O) groups excluding carboxylic acids is 2. The van der Waals surface area contributed by atoms with Crippen molar-refractivity contribution < 1.29 is 14.0 Å². The zero-order chi connectivity index (χ0) is 17.5. The van der Waals surface area contributed by atoms with Crippen molar-refractivity contribution in [2.45, 2.75) is 0 Å². The van der Waals surface area contributed by atoms with Gasteiger partial charge in [-0.05, 0) is 40.2 Å². The van der Waals surface area contributed by atoms with Crippen LogP contribution in [0.1, 0.15) is 5.56 Å². The number of halogens is 2. The molecule has 0 radical (unpaired) electrons. The van der Waals surface area contributed by atoms with Crippen LogP contribution in [0.3, 0.4) is 0 Å². The van der Waals surface area contributed by atoms with Crippen LogP contribution in [0.4, 0.5) is 10.1 Å². The van der Waals surface area contributed by atoms with Crippen LogP contribution in [-0.2, 0) is 9.59 Å². The maximum Gasteiger partial charge on any atom is 0.246 e. The second kappa shape index (κ2) is 8.40. The number of nitrogens with one attached hydrogen (secondary N) is 1. The molecule has 0 heterocycles. The average Bonchev–Trinajstić information content (AvgIpc) is 2.56. The molecule has 0 aliphatic carbocycles. The minimum absolute atomic E-state index is 0.109. The van der Waals surface area contributed by atoms with Gasteiger partial charge in [-0.2, -0.15) is 0 Å². The van der Waals surface area contributed by atoms with Gasteiger partial charge in [-0.1, -0.05) is 30.3 Å². The lowest BCUT2D eigenvalue weighted by atomic mass is 10.2. The standard InChI is InChI=1S/C18H16BrFN2O2/c1-22(12-17(23)21-16-9-5-3-7-14(16)19)18(24)11-10-13-6-2-4-8-15(13)20/h2-11H,12H2,1H3,(H,21,23)/b11-10+. The summed E-state index contributed by atoms with van der Waals surface area (Å²) in [4.78, 5) is 25.3. The fourth-order valence-corrected chi connectivity index (χ4v) is 2.33. The molecule has 6 heteroatoms. The first-order valence-corrected chi connectivity index (χ1v) is 7.99. The van der Waals surface area contributed by atoms with Crippen LogP contribution in [0.2, 0.25) is 0 Å². The van der Waals surface area contributed by atoms with Crippen LogP contribution < -0.4 is 5.32 Å². The minimum atomic E-state index is -0.407. The first kappa shape index (κ1) is 17.9. The quantitative estimate of drug-likeness (QED) is 0.791. The van der Waals surface area contributed by atoms with Crippen molar-refractivity contribution in [1.82, 2.24) is 4.90 Å². The Morgan fingerprint density at radius 3 is 2.54 bits per heavy atom. The van der Waals surface area contributed by atoms with Crippen molar-refractivity contribution in [3.8, 4) is 0 Å². The van der Waals surface area contributed by atoms with E-state index in [9.17, 15) is 14.0 Å². The van der Waals surface area contributed by atoms with Crippen LogP contribution in [0, 0.1) is 5.82 Å². The van der Waals surface area contributed by atoms with Gasteiger partial charge in [0.15, 0.2) is 0 Å². The largest absolute Gasteiger partial charge is 0.333 e. The summed E-state index contributed by atoms with van der Waals surface area (Å²) in [5.41, 5.74) is 0.946. The number of anilines is 1. The highest BCUT2D eigenvalue weighted by molar-refractivity contribution is 9.10. The van der Waals surface area contributed by atoms with Gasteiger partial charge < -0.3 is 10.2 Å². The molecule has 24 heavy (non-hydrogen) atoms. The maximum absolute atomic E-state index is 13.5. The van der Waals surface area contributed by atoms with Gasteiger partial charge in [0.1, 0.15) is 5.82 Å². The number of rotatable bonds is 5. The van der Waals surface area contributed by atoms with Crippen LogP contribution >= 0.6 is 15.9 Å². The molecule has 0 fully saturated rings. The molecule has 2 rings (SSSR count). The second-order valence-corrected chi connectivity index (χ2v) is 5.93. The Morgan fingerprint density at radius 2 is 1.83 bits per heavy atom. The topological polar surface area (TPSA) is 49.4 Å². The first-order valence-electron chi connectivity index (χ1n) is 7.19. The van der Waals surface area contributed by atoms with E-state index in [2.05, 4.69) is 21.2 Å². The predicted molar refractivity (Wildman–Crippen MR) is 95.8 cm³/mol. The van der Waals surface area contributed by atoms with Crippen LogP contribution in [0.5, 0.6) is 0 Å². The van der Waals surface area contributed by atoms with E-state index < -0.39 is 5.82 Å². The van der Waals surface area contributed by atoms with Crippen molar-refractivity contribution in [1.29, 1.82) is 0 Å². The Labute approximate surface area is 148 Å². The molecule has 0 saturated carbocycles. The number of amides is 2. The third kappa shape index (κ3) is 5.03. The number of likely N-dealkylation sites (N-methyl/N-ethyl adjacent to an activating group) is 1. The summed E-state index contributed by atoms with van der Waals surface area (Å²) in [6.45, 7) is -0.109. The molecule has 1 N–H and O–H groups in total. The SMILES string of the molecule is CN(CC(=O)Nc1ccccc1Br)C(=O)/C=C/c1ccccc1F. The summed E-state index contributed by atoms with van der Waals surface area (Å²) in [5, 5.41) is 2.72. The van der Waals surface area contributed by atoms with Gasteiger partial charge >= 0.3 is 0 Å². The Morgan fingerprint density at radius 1 is 1.17 bits per heavy atom. The molecule has 0 spiro atoms. The third-order valence-electron chi connectivity index (χ3n) is 3.22. The van der Waals surface area contributed by atoms with E-state index >= 15 is 0 Å². The molecule has 2 aromatic carbocycles. The van der Waals surface area contributed by atoms with Crippen LogP contribution in [0.25, 0.3) is 6.08 Å². The number of nitrogens with zero attached hydrogens (tertiary/aromatic N) is 1.